The van der Waals surface area contributed by atoms with E-state index in [-0.39, 0.29) is 12.1 Å². The standard InChI is InChI=1S/C8H12O3/c1-5(2)8(10)6-3-4-7(9)11-6/h6,8,10H,1,3-4H2,2H3. The van der Waals surface area contributed by atoms with Crippen LogP contribution in [0, 0.1) is 0 Å². The second-order valence-corrected chi connectivity index (χ2v) is 2.86. The van der Waals surface area contributed by atoms with E-state index < -0.39 is 6.10 Å². The molecule has 62 valence electrons. The fraction of sp³-hybridized carbons (Fsp3) is 0.625. The number of ether oxygens (including phenoxy) is 1. The highest BCUT2D eigenvalue weighted by molar-refractivity contribution is 5.71. The lowest BCUT2D eigenvalue weighted by Gasteiger charge is -2.16. The van der Waals surface area contributed by atoms with Gasteiger partial charge in [0.25, 0.3) is 0 Å². The maximum absolute atomic E-state index is 10.6. The summed E-state index contributed by atoms with van der Waals surface area (Å²) in [5.74, 6) is -0.227. The van der Waals surface area contributed by atoms with Crippen LogP contribution < -0.4 is 0 Å². The largest absolute Gasteiger partial charge is 0.459 e. The van der Waals surface area contributed by atoms with Gasteiger partial charge in [0.15, 0.2) is 0 Å². The molecule has 0 aromatic carbocycles. The topological polar surface area (TPSA) is 46.5 Å². The molecule has 0 aliphatic carbocycles. The molecular weight excluding hydrogens is 144 g/mol. The normalized spacial score (nSPS) is 26.4. The number of rotatable bonds is 2. The van der Waals surface area contributed by atoms with Gasteiger partial charge in [0, 0.05) is 6.42 Å². The van der Waals surface area contributed by atoms with Crippen LogP contribution in [0.25, 0.3) is 0 Å². The SMILES string of the molecule is C=C(C)C(O)C1CCC(=O)O1. The molecule has 2 atom stereocenters. The van der Waals surface area contributed by atoms with Crippen LogP contribution in [0.5, 0.6) is 0 Å². The van der Waals surface area contributed by atoms with Gasteiger partial charge in [-0.05, 0) is 18.9 Å². The molecule has 3 nitrogen and oxygen atoms in total. The Balaban J connectivity index is 2.49. The summed E-state index contributed by atoms with van der Waals surface area (Å²) in [5, 5.41) is 9.37. The highest BCUT2D eigenvalue weighted by Crippen LogP contribution is 2.20. The van der Waals surface area contributed by atoms with Crippen molar-refractivity contribution in [2.45, 2.75) is 32.0 Å². The number of cyclic esters (lactones) is 1. The van der Waals surface area contributed by atoms with Crippen LogP contribution in [0.15, 0.2) is 12.2 Å². The van der Waals surface area contributed by atoms with Crippen LogP contribution in [0.4, 0.5) is 0 Å². The van der Waals surface area contributed by atoms with Gasteiger partial charge in [0.2, 0.25) is 0 Å². The first-order chi connectivity index (χ1) is 5.11. The van der Waals surface area contributed by atoms with Crippen molar-refractivity contribution in [1.29, 1.82) is 0 Å². The van der Waals surface area contributed by atoms with E-state index in [1.54, 1.807) is 6.92 Å². The monoisotopic (exact) mass is 156 g/mol. The molecule has 11 heavy (non-hydrogen) atoms. The number of esters is 1. The van der Waals surface area contributed by atoms with Gasteiger partial charge in [-0.3, -0.25) is 4.79 Å². The van der Waals surface area contributed by atoms with Crippen molar-refractivity contribution in [3.63, 3.8) is 0 Å². The minimum Gasteiger partial charge on any atom is -0.459 e. The zero-order chi connectivity index (χ0) is 8.43. The smallest absolute Gasteiger partial charge is 0.306 e. The molecule has 3 heteroatoms. The Hall–Kier alpha value is -0.830. The molecule has 0 aromatic rings. The summed E-state index contributed by atoms with van der Waals surface area (Å²) >= 11 is 0. The van der Waals surface area contributed by atoms with E-state index in [0.29, 0.717) is 18.4 Å². The molecule has 1 fully saturated rings. The molecule has 2 unspecified atom stereocenters. The summed E-state index contributed by atoms with van der Waals surface area (Å²) in [5.41, 5.74) is 0.643. The number of hydrogen-bond acceptors (Lipinski definition) is 3. The number of carbonyl (C=O) groups excluding carboxylic acids is 1. The van der Waals surface area contributed by atoms with Crippen LogP contribution in [-0.4, -0.2) is 23.3 Å². The summed E-state index contributed by atoms with van der Waals surface area (Å²) < 4.78 is 4.83. The van der Waals surface area contributed by atoms with Crippen molar-refractivity contribution >= 4 is 5.97 Å². The first-order valence-corrected chi connectivity index (χ1v) is 3.64. The van der Waals surface area contributed by atoms with Crippen molar-refractivity contribution in [2.24, 2.45) is 0 Å². The Morgan fingerprint density at radius 2 is 2.55 bits per heavy atom. The maximum atomic E-state index is 10.6. The second kappa shape index (κ2) is 3.05. The molecule has 1 heterocycles. The van der Waals surface area contributed by atoms with Gasteiger partial charge >= 0.3 is 5.97 Å². The molecule has 0 aromatic heterocycles. The zero-order valence-corrected chi connectivity index (χ0v) is 6.54. The Morgan fingerprint density at radius 1 is 1.91 bits per heavy atom. The molecule has 0 saturated carbocycles. The van der Waals surface area contributed by atoms with E-state index in [1.807, 2.05) is 0 Å². The van der Waals surface area contributed by atoms with E-state index in [0.717, 1.165) is 0 Å². The van der Waals surface area contributed by atoms with Crippen molar-refractivity contribution in [3.05, 3.63) is 12.2 Å². The van der Waals surface area contributed by atoms with Crippen LogP contribution in [0.2, 0.25) is 0 Å². The Labute approximate surface area is 65.7 Å². The van der Waals surface area contributed by atoms with E-state index in [1.165, 1.54) is 0 Å². The van der Waals surface area contributed by atoms with Gasteiger partial charge in [-0.25, -0.2) is 0 Å². The van der Waals surface area contributed by atoms with Crippen molar-refractivity contribution in [2.75, 3.05) is 0 Å². The number of aliphatic hydroxyl groups is 1. The Bertz CT molecular complexity index is 186. The molecule has 1 aliphatic heterocycles. The van der Waals surface area contributed by atoms with E-state index in [2.05, 4.69) is 6.58 Å². The fourth-order valence-corrected chi connectivity index (χ4v) is 1.09. The zero-order valence-electron chi connectivity index (χ0n) is 6.54. The minimum atomic E-state index is -0.693. The first-order valence-electron chi connectivity index (χ1n) is 3.64. The minimum absolute atomic E-state index is 0.227. The van der Waals surface area contributed by atoms with Crippen molar-refractivity contribution in [1.82, 2.24) is 0 Å². The van der Waals surface area contributed by atoms with Crippen molar-refractivity contribution < 1.29 is 14.6 Å². The van der Waals surface area contributed by atoms with Gasteiger partial charge in [-0.2, -0.15) is 0 Å². The van der Waals surface area contributed by atoms with Crippen LogP contribution in [0.3, 0.4) is 0 Å². The van der Waals surface area contributed by atoms with Gasteiger partial charge in [-0.15, -0.1) is 0 Å². The van der Waals surface area contributed by atoms with Gasteiger partial charge < -0.3 is 9.84 Å². The lowest BCUT2D eigenvalue weighted by atomic mass is 10.1. The molecule has 1 rings (SSSR count). The summed E-state index contributed by atoms with van der Waals surface area (Å²) in [6.07, 6.45) is -0.0385. The maximum Gasteiger partial charge on any atom is 0.306 e. The quantitative estimate of drug-likeness (QED) is 0.471. The van der Waals surface area contributed by atoms with Gasteiger partial charge in [-0.1, -0.05) is 6.58 Å². The third kappa shape index (κ3) is 1.80. The average molecular weight is 156 g/mol. The molecule has 0 radical (unpaired) electrons. The fourth-order valence-electron chi connectivity index (χ4n) is 1.09. The molecule has 0 spiro atoms. The van der Waals surface area contributed by atoms with Gasteiger partial charge in [0.1, 0.15) is 12.2 Å². The predicted molar refractivity (Wildman–Crippen MR) is 39.9 cm³/mol. The molecule has 1 saturated heterocycles. The van der Waals surface area contributed by atoms with Gasteiger partial charge in [0.05, 0.1) is 0 Å². The van der Waals surface area contributed by atoms with E-state index in [4.69, 9.17) is 4.74 Å². The van der Waals surface area contributed by atoms with E-state index >= 15 is 0 Å². The lowest BCUT2D eigenvalue weighted by molar-refractivity contribution is -0.144. The molecule has 0 bridgehead atoms. The second-order valence-electron chi connectivity index (χ2n) is 2.86. The summed E-state index contributed by atoms with van der Waals surface area (Å²) in [6, 6.07) is 0. The van der Waals surface area contributed by atoms with Crippen LogP contribution >= 0.6 is 0 Å². The van der Waals surface area contributed by atoms with Crippen molar-refractivity contribution in [3.8, 4) is 0 Å². The Morgan fingerprint density at radius 3 is 2.91 bits per heavy atom. The third-order valence-corrected chi connectivity index (χ3v) is 1.77. The first kappa shape index (κ1) is 8.27. The summed E-state index contributed by atoms with van der Waals surface area (Å²) in [6.45, 7) is 5.30. The van der Waals surface area contributed by atoms with Crippen LogP contribution in [0.1, 0.15) is 19.8 Å². The molecule has 1 N–H and O–H groups in total. The average Bonchev–Trinajstić information content (AvgIpc) is 2.34. The molecular formula is C8H12O3. The number of hydrogen-bond donors (Lipinski definition) is 1. The summed E-state index contributed by atoms with van der Waals surface area (Å²) in [4.78, 5) is 10.6. The van der Waals surface area contributed by atoms with E-state index in [9.17, 15) is 9.90 Å². The Kier molecular flexibility index (Phi) is 2.29. The molecule has 0 amide bonds. The predicted octanol–water partition coefficient (Wildman–Crippen LogP) is 0.629. The molecule has 1 aliphatic rings. The summed E-state index contributed by atoms with van der Waals surface area (Å²) in [7, 11) is 0. The highest BCUT2D eigenvalue weighted by Gasteiger charge is 2.29. The lowest BCUT2D eigenvalue weighted by Crippen LogP contribution is -2.26. The number of aliphatic hydroxyl groups excluding tert-OH is 1. The van der Waals surface area contributed by atoms with Crippen LogP contribution in [-0.2, 0) is 9.53 Å². The number of carbonyl (C=O) groups is 1. The third-order valence-electron chi connectivity index (χ3n) is 1.77. The highest BCUT2D eigenvalue weighted by atomic mass is 16.6.